The molecule has 0 saturated carbocycles. The summed E-state index contributed by atoms with van der Waals surface area (Å²) in [4.78, 5) is 0. The van der Waals surface area contributed by atoms with Crippen LogP contribution in [0.3, 0.4) is 0 Å². The molecule has 2 nitrogen and oxygen atoms in total. The first-order valence-corrected chi connectivity index (χ1v) is 9.89. The van der Waals surface area contributed by atoms with Crippen molar-refractivity contribution in [2.24, 2.45) is 5.73 Å². The van der Waals surface area contributed by atoms with Crippen LogP contribution in [0.15, 0.2) is 103 Å². The van der Waals surface area contributed by atoms with Crippen LogP contribution in [-0.4, -0.2) is 0 Å². The lowest BCUT2D eigenvalue weighted by molar-refractivity contribution is 1.26. The number of nitrogens with one attached hydrogen (secondary N) is 1. The predicted molar refractivity (Wildman–Crippen MR) is 123 cm³/mol. The molecule has 1 heterocycles. The first kappa shape index (κ1) is 17.3. The number of rotatable bonds is 3. The van der Waals surface area contributed by atoms with Crippen molar-refractivity contribution in [1.29, 1.82) is 0 Å². The van der Waals surface area contributed by atoms with Crippen LogP contribution in [0.5, 0.6) is 0 Å². The first-order valence-electron chi connectivity index (χ1n) is 9.89. The van der Waals surface area contributed by atoms with Crippen molar-refractivity contribution in [3.63, 3.8) is 0 Å². The summed E-state index contributed by atoms with van der Waals surface area (Å²) in [6.45, 7) is 0. The zero-order valence-corrected chi connectivity index (χ0v) is 16.1. The molecule has 0 amide bonds. The zero-order valence-electron chi connectivity index (χ0n) is 16.1. The van der Waals surface area contributed by atoms with E-state index in [2.05, 4.69) is 102 Å². The van der Waals surface area contributed by atoms with Crippen molar-refractivity contribution in [1.82, 2.24) is 0 Å². The number of anilines is 2. The van der Waals surface area contributed by atoms with Gasteiger partial charge in [0.2, 0.25) is 0 Å². The average molecular weight is 374 g/mol. The molecule has 2 bridgehead atoms. The fourth-order valence-electron chi connectivity index (χ4n) is 3.88. The van der Waals surface area contributed by atoms with Gasteiger partial charge in [-0.25, -0.2) is 0 Å². The normalized spacial score (nSPS) is 12.2. The van der Waals surface area contributed by atoms with Crippen LogP contribution in [-0.2, 0) is 6.42 Å². The number of hydrogen-bond acceptors (Lipinski definition) is 2. The highest BCUT2D eigenvalue weighted by Crippen LogP contribution is 2.40. The molecule has 0 aromatic heterocycles. The molecule has 140 valence electrons. The predicted octanol–water partition coefficient (Wildman–Crippen LogP) is 6.62. The van der Waals surface area contributed by atoms with E-state index in [1.807, 2.05) is 6.07 Å². The van der Waals surface area contributed by atoms with E-state index in [4.69, 9.17) is 5.73 Å². The number of nitrogens with two attached hydrogens (primary N) is 1. The third-order valence-corrected chi connectivity index (χ3v) is 5.43. The van der Waals surface area contributed by atoms with Crippen molar-refractivity contribution in [2.75, 3.05) is 5.32 Å². The summed E-state index contributed by atoms with van der Waals surface area (Å²) in [5, 5.41) is 3.64. The van der Waals surface area contributed by atoms with Crippen LogP contribution in [0.1, 0.15) is 11.1 Å². The standard InChI is InChI=1S/C27H22N2/c28-25(16-13-19-7-2-1-3-8-19)22-14-15-24-21-10-6-9-20(17-21)23-11-4-5-12-26(23)29-27(24)18-22/h1-12,14-18,29H,13,28H2/b25-16-. The molecule has 4 aromatic rings. The Morgan fingerprint density at radius 2 is 1.41 bits per heavy atom. The molecule has 4 aromatic carbocycles. The molecule has 0 atom stereocenters. The van der Waals surface area contributed by atoms with Gasteiger partial charge in [0.05, 0.1) is 0 Å². The molecule has 29 heavy (non-hydrogen) atoms. The van der Waals surface area contributed by atoms with Crippen LogP contribution in [0.25, 0.3) is 28.0 Å². The van der Waals surface area contributed by atoms with E-state index in [-0.39, 0.29) is 0 Å². The smallest absolute Gasteiger partial charge is 0.0470 e. The van der Waals surface area contributed by atoms with E-state index in [0.717, 1.165) is 29.1 Å². The second kappa shape index (κ2) is 7.33. The molecule has 0 unspecified atom stereocenters. The van der Waals surface area contributed by atoms with E-state index in [1.54, 1.807) is 0 Å². The van der Waals surface area contributed by atoms with Gasteiger partial charge in [-0.3, -0.25) is 0 Å². The Balaban J connectivity index is 1.56. The Morgan fingerprint density at radius 1 is 0.690 bits per heavy atom. The number of allylic oxidation sites excluding steroid dienone is 1. The third kappa shape index (κ3) is 3.41. The van der Waals surface area contributed by atoms with Gasteiger partial charge in [-0.1, -0.05) is 84.9 Å². The van der Waals surface area contributed by atoms with E-state index in [0.29, 0.717) is 0 Å². The molecule has 0 saturated heterocycles. The highest BCUT2D eigenvalue weighted by molar-refractivity contribution is 5.92. The zero-order chi connectivity index (χ0) is 19.6. The topological polar surface area (TPSA) is 38.0 Å². The van der Waals surface area contributed by atoms with Crippen molar-refractivity contribution < 1.29 is 0 Å². The SMILES string of the molecule is N/C(=C\Cc1ccccc1)c1ccc2c(c1)Nc1ccccc1-c1cccc-2c1. The highest BCUT2D eigenvalue weighted by atomic mass is 14.9. The molecule has 0 fully saturated rings. The van der Waals surface area contributed by atoms with Crippen molar-refractivity contribution in [3.8, 4) is 22.3 Å². The van der Waals surface area contributed by atoms with Gasteiger partial charge in [0.25, 0.3) is 0 Å². The molecule has 0 radical (unpaired) electrons. The maximum absolute atomic E-state index is 6.44. The number of benzene rings is 4. The largest absolute Gasteiger partial charge is 0.398 e. The maximum Gasteiger partial charge on any atom is 0.0470 e. The van der Waals surface area contributed by atoms with Crippen LogP contribution in [0.2, 0.25) is 0 Å². The van der Waals surface area contributed by atoms with Crippen molar-refractivity contribution >= 4 is 17.1 Å². The Bertz CT molecular complexity index is 1210. The fraction of sp³-hybridized carbons (Fsp3) is 0.0370. The average Bonchev–Trinajstić information content (AvgIpc) is 2.78. The Labute approximate surface area is 171 Å². The van der Waals surface area contributed by atoms with Gasteiger partial charge in [-0.2, -0.15) is 0 Å². The summed E-state index contributed by atoms with van der Waals surface area (Å²) in [6, 6.07) is 33.9. The van der Waals surface area contributed by atoms with Gasteiger partial charge in [0, 0.05) is 28.2 Å². The molecule has 1 aliphatic rings. The number of para-hydroxylation sites is 1. The van der Waals surface area contributed by atoms with Gasteiger partial charge in [0.1, 0.15) is 0 Å². The highest BCUT2D eigenvalue weighted by Gasteiger charge is 2.15. The molecule has 0 aliphatic carbocycles. The third-order valence-electron chi connectivity index (χ3n) is 5.43. The number of fused-ring (bicyclic) bond motifs is 6. The summed E-state index contributed by atoms with van der Waals surface area (Å²) in [5.74, 6) is 0. The minimum absolute atomic E-state index is 0.794. The summed E-state index contributed by atoms with van der Waals surface area (Å²) in [6.07, 6.45) is 2.91. The second-order valence-corrected chi connectivity index (χ2v) is 7.36. The van der Waals surface area contributed by atoms with Crippen molar-refractivity contribution in [3.05, 3.63) is 114 Å². The summed E-state index contributed by atoms with van der Waals surface area (Å²) >= 11 is 0. The maximum atomic E-state index is 6.44. The van der Waals surface area contributed by atoms with Gasteiger partial charge in [0.15, 0.2) is 0 Å². The summed E-state index contributed by atoms with van der Waals surface area (Å²) in [7, 11) is 0. The lowest BCUT2D eigenvalue weighted by atomic mass is 9.93. The van der Waals surface area contributed by atoms with Gasteiger partial charge < -0.3 is 11.1 Å². The first-order chi connectivity index (χ1) is 14.3. The van der Waals surface area contributed by atoms with Gasteiger partial charge in [-0.05, 0) is 46.9 Å². The van der Waals surface area contributed by atoms with Crippen molar-refractivity contribution in [2.45, 2.75) is 6.42 Å². The number of hydrogen-bond donors (Lipinski definition) is 2. The lowest BCUT2D eigenvalue weighted by Crippen LogP contribution is -2.02. The minimum Gasteiger partial charge on any atom is -0.398 e. The van der Waals surface area contributed by atoms with Gasteiger partial charge in [-0.15, -0.1) is 0 Å². The Kier molecular flexibility index (Phi) is 4.38. The van der Waals surface area contributed by atoms with Crippen LogP contribution >= 0.6 is 0 Å². The summed E-state index contributed by atoms with van der Waals surface area (Å²) < 4.78 is 0. The monoisotopic (exact) mass is 374 g/mol. The van der Waals surface area contributed by atoms with E-state index in [9.17, 15) is 0 Å². The lowest BCUT2D eigenvalue weighted by Gasteiger charge is -2.20. The molecule has 0 spiro atoms. The molecular weight excluding hydrogens is 352 g/mol. The summed E-state index contributed by atoms with van der Waals surface area (Å²) in [5.41, 5.74) is 16.5. The van der Waals surface area contributed by atoms with Crippen LogP contribution < -0.4 is 11.1 Å². The quantitative estimate of drug-likeness (QED) is 0.372. The van der Waals surface area contributed by atoms with Crippen LogP contribution in [0, 0.1) is 0 Å². The second-order valence-electron chi connectivity index (χ2n) is 7.36. The molecule has 1 aliphatic heterocycles. The van der Waals surface area contributed by atoms with E-state index < -0.39 is 0 Å². The van der Waals surface area contributed by atoms with Crippen LogP contribution in [0.4, 0.5) is 11.4 Å². The van der Waals surface area contributed by atoms with Gasteiger partial charge >= 0.3 is 0 Å². The van der Waals surface area contributed by atoms with E-state index >= 15 is 0 Å². The Morgan fingerprint density at radius 3 is 2.24 bits per heavy atom. The fourth-order valence-corrected chi connectivity index (χ4v) is 3.88. The molecular formula is C27H22N2. The minimum atomic E-state index is 0.794. The van der Waals surface area contributed by atoms with E-state index in [1.165, 1.54) is 27.8 Å². The Hall–Kier alpha value is -3.78. The molecule has 3 N–H and O–H groups in total. The molecule has 2 heteroatoms. The molecule has 5 rings (SSSR count).